The number of thioether (sulfide) groups is 1. The summed E-state index contributed by atoms with van der Waals surface area (Å²) in [4.78, 5) is 7.12. The molecule has 0 amide bonds. The highest BCUT2D eigenvalue weighted by molar-refractivity contribution is 7.99. The Balaban J connectivity index is 1.39. The number of likely N-dealkylation sites (tertiary alicyclic amines) is 1. The Morgan fingerprint density at radius 1 is 1.06 bits per heavy atom. The van der Waals surface area contributed by atoms with E-state index < -0.39 is 5.41 Å². The van der Waals surface area contributed by atoms with Gasteiger partial charge in [-0.05, 0) is 65.9 Å². The van der Waals surface area contributed by atoms with Gasteiger partial charge in [-0.25, -0.2) is 9.37 Å². The van der Waals surface area contributed by atoms with Gasteiger partial charge >= 0.3 is 0 Å². The lowest BCUT2D eigenvalue weighted by Crippen LogP contribution is -2.39. The summed E-state index contributed by atoms with van der Waals surface area (Å²) in [6, 6.07) is 12.3. The van der Waals surface area contributed by atoms with Crippen molar-refractivity contribution in [3.8, 4) is 5.69 Å². The Morgan fingerprint density at radius 2 is 1.81 bits per heavy atom. The average Bonchev–Trinajstić information content (AvgIpc) is 3.56. The third-order valence-electron chi connectivity index (χ3n) is 6.96. The highest BCUT2D eigenvalue weighted by atomic mass is 35.5. The first kappa shape index (κ1) is 25.2. The van der Waals surface area contributed by atoms with E-state index in [0.717, 1.165) is 59.6 Å². The lowest BCUT2D eigenvalue weighted by atomic mass is 9.81. The van der Waals surface area contributed by atoms with Gasteiger partial charge in [0.05, 0.1) is 21.9 Å². The van der Waals surface area contributed by atoms with Crippen molar-refractivity contribution >= 4 is 40.8 Å². The first-order chi connectivity index (χ1) is 17.3. The van der Waals surface area contributed by atoms with Gasteiger partial charge in [-0.2, -0.15) is 5.11 Å². The summed E-state index contributed by atoms with van der Waals surface area (Å²) in [5, 5.41) is 13.8. The molecule has 2 aromatic carbocycles. The van der Waals surface area contributed by atoms with Crippen LogP contribution in [-0.4, -0.2) is 45.7 Å². The topological polar surface area (TPSA) is 58.1 Å². The van der Waals surface area contributed by atoms with Crippen LogP contribution in [0.1, 0.15) is 37.9 Å². The number of nitrogens with zero attached hydrogens (tertiary/aromatic N) is 6. The Morgan fingerprint density at radius 3 is 2.47 bits per heavy atom. The molecule has 10 heteroatoms. The Kier molecular flexibility index (Phi) is 7.37. The van der Waals surface area contributed by atoms with E-state index in [2.05, 4.69) is 38.8 Å². The van der Waals surface area contributed by atoms with Crippen molar-refractivity contribution in [3.05, 3.63) is 75.8 Å². The number of hydrogen-bond acceptors (Lipinski definition) is 6. The Labute approximate surface area is 224 Å². The van der Waals surface area contributed by atoms with Gasteiger partial charge in [0, 0.05) is 29.9 Å². The van der Waals surface area contributed by atoms with Gasteiger partial charge in [0.2, 0.25) is 0 Å². The summed E-state index contributed by atoms with van der Waals surface area (Å²) in [7, 11) is 0. The molecule has 0 aliphatic carbocycles. The molecule has 0 bridgehead atoms. The second-order valence-corrected chi connectivity index (χ2v) is 11.4. The molecule has 0 N–H and O–H groups in total. The van der Waals surface area contributed by atoms with Gasteiger partial charge in [0.1, 0.15) is 12.4 Å². The van der Waals surface area contributed by atoms with Crippen LogP contribution in [0.15, 0.2) is 69.3 Å². The summed E-state index contributed by atoms with van der Waals surface area (Å²) in [5.41, 5.74) is 2.48. The minimum absolute atomic E-state index is 0.266. The summed E-state index contributed by atoms with van der Waals surface area (Å²) in [6.45, 7) is 6.80. The quantitative estimate of drug-likeness (QED) is 0.307. The third-order valence-corrected chi connectivity index (χ3v) is 8.88. The van der Waals surface area contributed by atoms with Crippen molar-refractivity contribution in [2.24, 2.45) is 21.4 Å². The van der Waals surface area contributed by atoms with E-state index in [9.17, 15) is 4.39 Å². The smallest absolute Gasteiger partial charge is 0.172 e. The zero-order chi connectivity index (χ0) is 25.3. The zero-order valence-electron chi connectivity index (χ0n) is 20.2. The molecule has 5 rings (SSSR count). The molecule has 3 heterocycles. The van der Waals surface area contributed by atoms with E-state index in [0.29, 0.717) is 22.5 Å². The average molecular weight is 546 g/mol. The van der Waals surface area contributed by atoms with Crippen LogP contribution in [0, 0.1) is 11.7 Å². The number of benzene rings is 2. The van der Waals surface area contributed by atoms with E-state index in [-0.39, 0.29) is 5.82 Å². The van der Waals surface area contributed by atoms with Crippen LogP contribution < -0.4 is 0 Å². The Bertz CT molecular complexity index is 1300. The minimum Gasteiger partial charge on any atom is -0.357 e. The second-order valence-electron chi connectivity index (χ2n) is 9.64. The highest BCUT2D eigenvalue weighted by Crippen LogP contribution is 2.38. The van der Waals surface area contributed by atoms with Gasteiger partial charge < -0.3 is 4.90 Å². The molecule has 6 nitrogen and oxygen atoms in total. The summed E-state index contributed by atoms with van der Waals surface area (Å²) < 4.78 is 15.9. The van der Waals surface area contributed by atoms with Gasteiger partial charge in [0.25, 0.3) is 0 Å². The number of piperidine rings is 1. The predicted molar refractivity (Wildman–Crippen MR) is 144 cm³/mol. The molecule has 0 atom stereocenters. The van der Waals surface area contributed by atoms with Crippen molar-refractivity contribution in [3.63, 3.8) is 0 Å². The van der Waals surface area contributed by atoms with Crippen molar-refractivity contribution in [2.45, 2.75) is 37.3 Å². The molecule has 1 fully saturated rings. The first-order valence-corrected chi connectivity index (χ1v) is 13.7. The third kappa shape index (κ3) is 5.17. The van der Waals surface area contributed by atoms with E-state index >= 15 is 0 Å². The van der Waals surface area contributed by atoms with Crippen LogP contribution in [-0.2, 0) is 5.41 Å². The fourth-order valence-electron chi connectivity index (χ4n) is 4.67. The zero-order valence-corrected chi connectivity index (χ0v) is 22.5. The molecule has 36 heavy (non-hydrogen) atoms. The molecule has 1 saturated heterocycles. The van der Waals surface area contributed by atoms with E-state index in [1.54, 1.807) is 23.9 Å². The molecule has 2 aliphatic heterocycles. The van der Waals surface area contributed by atoms with Gasteiger partial charge in [0.15, 0.2) is 11.0 Å². The molecule has 188 valence electrons. The van der Waals surface area contributed by atoms with E-state index in [4.69, 9.17) is 28.2 Å². The van der Waals surface area contributed by atoms with Crippen molar-refractivity contribution in [1.29, 1.82) is 0 Å². The number of amidine groups is 1. The number of aromatic nitrogens is 2. The van der Waals surface area contributed by atoms with Crippen LogP contribution in [0.5, 0.6) is 0 Å². The lowest BCUT2D eigenvalue weighted by Gasteiger charge is -2.32. The lowest BCUT2D eigenvalue weighted by molar-refractivity contribution is 0.282. The normalized spacial score (nSPS) is 16.6. The van der Waals surface area contributed by atoms with Crippen LogP contribution in [0.25, 0.3) is 5.69 Å². The molecule has 2 aliphatic rings. The van der Waals surface area contributed by atoms with Crippen molar-refractivity contribution in [2.75, 3.05) is 25.4 Å². The maximum Gasteiger partial charge on any atom is 0.172 e. The van der Waals surface area contributed by atoms with E-state index in [1.165, 1.54) is 12.1 Å². The molecule has 1 aromatic heterocycles. The van der Waals surface area contributed by atoms with Crippen molar-refractivity contribution in [1.82, 2.24) is 14.5 Å². The number of rotatable bonds is 6. The van der Waals surface area contributed by atoms with Crippen LogP contribution >= 0.6 is 35.0 Å². The molecule has 0 spiro atoms. The summed E-state index contributed by atoms with van der Waals surface area (Å²) in [5.74, 6) is 2.24. The standard InChI is InChI=1S/C26H27Cl2FN6S/c1-26(2,18-3-8-21(27)22(28)13-18)23-14-30-25(35(23)20-6-4-19(29)5-7-20)36-16-17-9-11-34(12-10-17)24-15-31-33-32-24/h3-8,13-14,17H,9-12,15-16H2,1-2H3. The molecule has 0 saturated carbocycles. The molecule has 3 aromatic rings. The van der Waals surface area contributed by atoms with Crippen molar-refractivity contribution < 1.29 is 4.39 Å². The molecule has 0 unspecified atom stereocenters. The van der Waals surface area contributed by atoms with Gasteiger partial charge in [-0.15, -0.1) is 5.10 Å². The van der Waals surface area contributed by atoms with E-state index in [1.807, 2.05) is 24.4 Å². The predicted octanol–water partition coefficient (Wildman–Crippen LogP) is 7.23. The fourth-order valence-corrected chi connectivity index (χ4v) is 6.15. The molecule has 0 radical (unpaired) electrons. The Hall–Kier alpha value is -2.42. The first-order valence-electron chi connectivity index (χ1n) is 11.9. The maximum atomic E-state index is 13.8. The summed E-state index contributed by atoms with van der Waals surface area (Å²) >= 11 is 14.3. The van der Waals surface area contributed by atoms with Gasteiger partial charge in [-0.3, -0.25) is 4.57 Å². The SMILES string of the molecule is CC(C)(c1ccc(Cl)c(Cl)c1)c1cnc(SCC2CCN(C3=NN=NC3)CC2)n1-c1ccc(F)cc1. The maximum absolute atomic E-state index is 13.8. The second kappa shape index (κ2) is 10.5. The molecular formula is C26H27Cl2FN6S. The van der Waals surface area contributed by atoms with Crippen LogP contribution in [0.2, 0.25) is 10.0 Å². The summed E-state index contributed by atoms with van der Waals surface area (Å²) in [6.07, 6.45) is 4.10. The largest absolute Gasteiger partial charge is 0.357 e. The van der Waals surface area contributed by atoms with Crippen LogP contribution in [0.3, 0.4) is 0 Å². The monoisotopic (exact) mass is 544 g/mol. The molecular weight excluding hydrogens is 518 g/mol. The number of imidazole rings is 1. The minimum atomic E-state index is -0.419. The fraction of sp³-hybridized carbons (Fsp3) is 0.385. The van der Waals surface area contributed by atoms with Gasteiger partial charge in [-0.1, -0.05) is 54.9 Å². The van der Waals surface area contributed by atoms with Crippen LogP contribution in [0.4, 0.5) is 4.39 Å². The highest BCUT2D eigenvalue weighted by Gasteiger charge is 2.31. The number of halogens is 3. The number of hydrogen-bond donors (Lipinski definition) is 0.